The van der Waals surface area contributed by atoms with Crippen LogP contribution in [0, 0.1) is 12.8 Å². The molecule has 0 unspecified atom stereocenters. The fourth-order valence-electron chi connectivity index (χ4n) is 2.76. The van der Waals surface area contributed by atoms with Crippen LogP contribution < -0.4 is 0 Å². The van der Waals surface area contributed by atoms with Crippen LogP contribution in [-0.4, -0.2) is 36.3 Å². The van der Waals surface area contributed by atoms with Crippen LogP contribution in [0.2, 0.25) is 0 Å². The maximum atomic E-state index is 11.5. The van der Waals surface area contributed by atoms with Crippen molar-refractivity contribution in [1.29, 1.82) is 0 Å². The van der Waals surface area contributed by atoms with E-state index in [9.17, 15) is 9.90 Å². The van der Waals surface area contributed by atoms with Crippen molar-refractivity contribution in [1.82, 2.24) is 25.2 Å². The third-order valence-electron chi connectivity index (χ3n) is 3.93. The Kier molecular flexibility index (Phi) is 3.95. The Bertz CT molecular complexity index is 699. The molecule has 1 aliphatic rings. The predicted molar refractivity (Wildman–Crippen MR) is 79.3 cm³/mol. The van der Waals surface area contributed by atoms with E-state index in [0.29, 0.717) is 28.7 Å². The molecule has 3 rings (SSSR count). The first kappa shape index (κ1) is 14.4. The van der Waals surface area contributed by atoms with Gasteiger partial charge in [0.2, 0.25) is 0 Å². The second kappa shape index (κ2) is 6.05. The SMILES string of the molecule is Cc1nnnn1-c1ccc(/C(=C\C2CCCC2)C(=O)O)cn1. The molecule has 0 saturated heterocycles. The molecule has 1 aliphatic carbocycles. The molecular weight excluding hydrogens is 282 g/mol. The second-order valence-corrected chi connectivity index (χ2v) is 5.47. The minimum Gasteiger partial charge on any atom is -0.478 e. The minimum atomic E-state index is -0.917. The van der Waals surface area contributed by atoms with E-state index in [1.54, 1.807) is 25.3 Å². The summed E-state index contributed by atoms with van der Waals surface area (Å²) < 4.78 is 1.50. The van der Waals surface area contributed by atoms with Crippen molar-refractivity contribution in [3.8, 4) is 5.82 Å². The lowest BCUT2D eigenvalue weighted by Gasteiger charge is -2.08. The first-order valence-corrected chi connectivity index (χ1v) is 7.32. The van der Waals surface area contributed by atoms with Crippen molar-refractivity contribution in [2.75, 3.05) is 0 Å². The van der Waals surface area contributed by atoms with Crippen molar-refractivity contribution in [3.63, 3.8) is 0 Å². The Hall–Kier alpha value is -2.57. The monoisotopic (exact) mass is 299 g/mol. The molecule has 1 fully saturated rings. The first-order chi connectivity index (χ1) is 10.6. The highest BCUT2D eigenvalue weighted by atomic mass is 16.4. The van der Waals surface area contributed by atoms with Crippen molar-refractivity contribution < 1.29 is 9.90 Å². The summed E-state index contributed by atoms with van der Waals surface area (Å²) in [4.78, 5) is 15.8. The number of rotatable bonds is 4. The molecule has 2 aromatic rings. The van der Waals surface area contributed by atoms with Crippen LogP contribution in [0.5, 0.6) is 0 Å². The van der Waals surface area contributed by atoms with E-state index in [4.69, 9.17) is 0 Å². The summed E-state index contributed by atoms with van der Waals surface area (Å²) in [6, 6.07) is 3.47. The largest absolute Gasteiger partial charge is 0.478 e. The van der Waals surface area contributed by atoms with Crippen molar-refractivity contribution in [2.24, 2.45) is 5.92 Å². The summed E-state index contributed by atoms with van der Waals surface area (Å²) in [6.45, 7) is 1.78. The number of aryl methyl sites for hydroxylation is 1. The molecule has 2 aromatic heterocycles. The second-order valence-electron chi connectivity index (χ2n) is 5.47. The number of tetrazole rings is 1. The number of carbonyl (C=O) groups is 1. The third-order valence-corrected chi connectivity index (χ3v) is 3.93. The Morgan fingerprint density at radius 3 is 2.68 bits per heavy atom. The molecule has 1 saturated carbocycles. The van der Waals surface area contributed by atoms with Gasteiger partial charge in [0, 0.05) is 11.8 Å². The molecule has 22 heavy (non-hydrogen) atoms. The van der Waals surface area contributed by atoms with Crippen molar-refractivity contribution >= 4 is 11.5 Å². The maximum absolute atomic E-state index is 11.5. The van der Waals surface area contributed by atoms with E-state index >= 15 is 0 Å². The maximum Gasteiger partial charge on any atom is 0.336 e. The van der Waals surface area contributed by atoms with E-state index in [-0.39, 0.29) is 0 Å². The van der Waals surface area contributed by atoms with E-state index in [1.807, 2.05) is 6.08 Å². The van der Waals surface area contributed by atoms with Gasteiger partial charge in [-0.05, 0) is 48.2 Å². The molecular formula is C15H17N5O2. The lowest BCUT2D eigenvalue weighted by Crippen LogP contribution is -2.05. The summed E-state index contributed by atoms with van der Waals surface area (Å²) in [5, 5.41) is 20.7. The summed E-state index contributed by atoms with van der Waals surface area (Å²) in [6.07, 6.45) is 7.89. The molecule has 0 bridgehead atoms. The standard InChI is InChI=1S/C15H17N5O2/c1-10-17-18-19-20(10)14-7-6-12(9-16-14)13(15(21)22)8-11-4-2-3-5-11/h6-9,11H,2-5H2,1H3,(H,21,22)/b13-8+. The number of pyridine rings is 1. The highest BCUT2D eigenvalue weighted by Gasteiger charge is 2.18. The Labute approximate surface area is 127 Å². The highest BCUT2D eigenvalue weighted by Crippen LogP contribution is 2.29. The van der Waals surface area contributed by atoms with Gasteiger partial charge in [0.1, 0.15) is 0 Å². The van der Waals surface area contributed by atoms with E-state index in [2.05, 4.69) is 20.5 Å². The van der Waals surface area contributed by atoms with Crippen molar-refractivity contribution in [2.45, 2.75) is 32.6 Å². The highest BCUT2D eigenvalue weighted by molar-refractivity contribution is 6.15. The van der Waals surface area contributed by atoms with Gasteiger partial charge >= 0.3 is 5.97 Å². The topological polar surface area (TPSA) is 93.8 Å². The van der Waals surface area contributed by atoms with Gasteiger partial charge in [0.15, 0.2) is 11.6 Å². The normalized spacial score (nSPS) is 16.1. The van der Waals surface area contributed by atoms with Crippen LogP contribution in [0.25, 0.3) is 11.4 Å². The lowest BCUT2D eigenvalue weighted by atomic mass is 10.00. The zero-order chi connectivity index (χ0) is 15.5. The average Bonchev–Trinajstić information content (AvgIpc) is 3.16. The summed E-state index contributed by atoms with van der Waals surface area (Å²) >= 11 is 0. The average molecular weight is 299 g/mol. The lowest BCUT2D eigenvalue weighted by molar-refractivity contribution is -0.130. The summed E-state index contributed by atoms with van der Waals surface area (Å²) in [5.41, 5.74) is 0.924. The fourth-order valence-corrected chi connectivity index (χ4v) is 2.76. The van der Waals surface area contributed by atoms with Crippen LogP contribution >= 0.6 is 0 Å². The van der Waals surface area contributed by atoms with Gasteiger partial charge in [-0.15, -0.1) is 5.10 Å². The van der Waals surface area contributed by atoms with Gasteiger partial charge < -0.3 is 5.11 Å². The van der Waals surface area contributed by atoms with Gasteiger partial charge in [0.25, 0.3) is 0 Å². The van der Waals surface area contributed by atoms with Gasteiger partial charge in [0.05, 0.1) is 5.57 Å². The Morgan fingerprint density at radius 2 is 2.14 bits per heavy atom. The van der Waals surface area contributed by atoms with Gasteiger partial charge in [-0.2, -0.15) is 4.68 Å². The van der Waals surface area contributed by atoms with Crippen LogP contribution in [0.3, 0.4) is 0 Å². The van der Waals surface area contributed by atoms with Crippen molar-refractivity contribution in [3.05, 3.63) is 35.8 Å². The Morgan fingerprint density at radius 1 is 1.36 bits per heavy atom. The molecule has 7 nitrogen and oxygen atoms in total. The molecule has 0 aromatic carbocycles. The molecule has 0 amide bonds. The van der Waals surface area contributed by atoms with E-state index in [1.165, 1.54) is 17.5 Å². The zero-order valence-electron chi connectivity index (χ0n) is 12.3. The van der Waals surface area contributed by atoms with Crippen LogP contribution in [0.4, 0.5) is 0 Å². The Balaban J connectivity index is 1.89. The molecule has 7 heteroatoms. The van der Waals surface area contributed by atoms with Gasteiger partial charge in [-0.25, -0.2) is 9.78 Å². The quantitative estimate of drug-likeness (QED) is 0.868. The number of hydrogen-bond acceptors (Lipinski definition) is 5. The van der Waals surface area contributed by atoms with E-state index in [0.717, 1.165) is 12.8 Å². The molecule has 0 atom stereocenters. The number of allylic oxidation sites excluding steroid dienone is 1. The number of carboxylic acid groups (broad SMARTS) is 1. The number of aromatic nitrogens is 5. The minimum absolute atomic E-state index is 0.319. The summed E-state index contributed by atoms with van der Waals surface area (Å²) in [5.74, 6) is 0.629. The molecule has 0 spiro atoms. The predicted octanol–water partition coefficient (Wildman–Crippen LogP) is 2.02. The van der Waals surface area contributed by atoms with Gasteiger partial charge in [-0.1, -0.05) is 18.9 Å². The van der Waals surface area contributed by atoms with Crippen LogP contribution in [-0.2, 0) is 4.79 Å². The number of aliphatic carboxylic acids is 1. The van der Waals surface area contributed by atoms with Crippen LogP contribution in [0.1, 0.15) is 37.1 Å². The molecule has 1 N–H and O–H groups in total. The smallest absolute Gasteiger partial charge is 0.336 e. The molecule has 0 aliphatic heterocycles. The number of carboxylic acids is 1. The molecule has 2 heterocycles. The third kappa shape index (κ3) is 2.88. The first-order valence-electron chi connectivity index (χ1n) is 7.32. The zero-order valence-corrected chi connectivity index (χ0v) is 12.3. The van der Waals surface area contributed by atoms with Gasteiger partial charge in [-0.3, -0.25) is 0 Å². The van der Waals surface area contributed by atoms with E-state index < -0.39 is 5.97 Å². The number of hydrogen-bond donors (Lipinski definition) is 1. The molecule has 0 radical (unpaired) electrons. The van der Waals surface area contributed by atoms with Crippen LogP contribution in [0.15, 0.2) is 24.4 Å². The number of nitrogens with zero attached hydrogens (tertiary/aromatic N) is 5. The molecule has 114 valence electrons. The summed E-state index contributed by atoms with van der Waals surface area (Å²) in [7, 11) is 0. The fraction of sp³-hybridized carbons (Fsp3) is 0.400.